The molecular weight excluding hydrogens is 672 g/mol. The maximum Gasteiger partial charge on any atom is 0.340 e. The van der Waals surface area contributed by atoms with Gasteiger partial charge in [0.15, 0.2) is 5.60 Å². The van der Waals surface area contributed by atoms with Crippen molar-refractivity contribution in [1.82, 2.24) is 14.8 Å². The molecule has 1 aromatic heterocycles. The van der Waals surface area contributed by atoms with Gasteiger partial charge in [-0.05, 0) is 93.6 Å². The van der Waals surface area contributed by atoms with Crippen LogP contribution >= 0.6 is 0 Å². The van der Waals surface area contributed by atoms with Gasteiger partial charge in [0.2, 0.25) is 0 Å². The number of ether oxygens (including phenoxy) is 3. The van der Waals surface area contributed by atoms with Gasteiger partial charge in [-0.2, -0.15) is 0 Å². The van der Waals surface area contributed by atoms with E-state index in [9.17, 15) is 15.0 Å². The molecule has 7 heterocycles. The van der Waals surface area contributed by atoms with E-state index in [1.54, 1.807) is 7.11 Å². The molecule has 2 spiro atoms. The van der Waals surface area contributed by atoms with Gasteiger partial charge in [-0.3, -0.25) is 14.6 Å². The zero-order valence-corrected chi connectivity index (χ0v) is 31.4. The summed E-state index contributed by atoms with van der Waals surface area (Å²) in [7, 11) is 5.12. The quantitative estimate of drug-likeness (QED) is 0.344. The molecule has 3 aromatic rings. The first-order valence-electron chi connectivity index (χ1n) is 19.7. The average molecular weight is 725 g/mol. The molecule has 2 aromatic carbocycles. The molecule has 3 N–H and O–H groups in total. The molecule has 7 aliphatic rings. The SMILES string of the molecule is CC[C@]1(O)C[C@@H]2CN(CCc3c([nH]c4ccccc34)[C@@](C(=O)OC)(c3cc4c(cc3OC)N(C)[C@@H]3[C@]45CCN4CCC[C@]6(COC(=O)[C@@]3(O)C6)[C@H]45)C2)C1. The number of H-pyrrole nitrogens is 1. The molecule has 1 unspecified atom stereocenters. The van der Waals surface area contributed by atoms with E-state index in [2.05, 4.69) is 37.9 Å². The highest BCUT2D eigenvalue weighted by molar-refractivity contribution is 5.94. The summed E-state index contributed by atoms with van der Waals surface area (Å²) in [6.45, 7) is 6.32. The van der Waals surface area contributed by atoms with Crippen LogP contribution < -0.4 is 9.64 Å². The van der Waals surface area contributed by atoms with Crippen molar-refractivity contribution in [2.45, 2.75) is 92.4 Å². The van der Waals surface area contributed by atoms with Gasteiger partial charge < -0.3 is 34.3 Å². The van der Waals surface area contributed by atoms with Crippen molar-refractivity contribution >= 4 is 28.5 Å². The number of carbonyl (C=O) groups excluding carboxylic acids is 2. The highest BCUT2D eigenvalue weighted by Gasteiger charge is 2.78. The lowest BCUT2D eigenvalue weighted by atomic mass is 9.48. The highest BCUT2D eigenvalue weighted by atomic mass is 16.6. The first kappa shape index (κ1) is 33.9. The Morgan fingerprint density at radius 1 is 1.06 bits per heavy atom. The van der Waals surface area contributed by atoms with E-state index in [0.29, 0.717) is 51.0 Å². The minimum Gasteiger partial charge on any atom is -0.496 e. The number of cyclic esters (lactones) is 1. The predicted octanol–water partition coefficient (Wildman–Crippen LogP) is 3.65. The number of methoxy groups -OCH3 is 2. The second-order valence-electron chi connectivity index (χ2n) is 17.7. The summed E-state index contributed by atoms with van der Waals surface area (Å²) < 4.78 is 18.2. The third-order valence-corrected chi connectivity index (χ3v) is 15.2. The molecular formula is C42H52N4O7. The highest BCUT2D eigenvalue weighted by Crippen LogP contribution is 2.69. The maximum atomic E-state index is 15.2. The van der Waals surface area contributed by atoms with E-state index in [4.69, 9.17) is 14.2 Å². The van der Waals surface area contributed by atoms with Crippen molar-refractivity contribution in [3.05, 3.63) is 58.8 Å². The second kappa shape index (κ2) is 11.2. The molecule has 5 fully saturated rings. The Morgan fingerprint density at radius 2 is 1.89 bits per heavy atom. The number of anilines is 1. The Kier molecular flexibility index (Phi) is 7.17. The summed E-state index contributed by atoms with van der Waals surface area (Å²) in [6, 6.07) is 12.0. The van der Waals surface area contributed by atoms with Crippen molar-refractivity contribution in [3.8, 4) is 5.75 Å². The van der Waals surface area contributed by atoms with Gasteiger partial charge >= 0.3 is 11.9 Å². The number of rotatable bonds is 4. The number of hydrogen-bond donors (Lipinski definition) is 3. The van der Waals surface area contributed by atoms with E-state index in [1.165, 1.54) is 7.11 Å². The first-order valence-corrected chi connectivity index (χ1v) is 19.7. The minimum atomic E-state index is -1.68. The number of benzene rings is 2. The van der Waals surface area contributed by atoms with E-state index < -0.39 is 34.0 Å². The number of likely N-dealkylation sites (N-methyl/N-ethyl adjacent to an activating group) is 1. The number of nitrogens with zero attached hydrogens (tertiary/aromatic N) is 3. The van der Waals surface area contributed by atoms with Crippen LogP contribution in [-0.4, -0.2) is 121 Å². The van der Waals surface area contributed by atoms with Crippen molar-refractivity contribution in [2.75, 3.05) is 65.5 Å². The summed E-state index contributed by atoms with van der Waals surface area (Å²) in [5, 5.41) is 25.6. The van der Waals surface area contributed by atoms with Crippen LogP contribution in [0.4, 0.5) is 5.69 Å². The molecule has 10 rings (SSSR count). The normalized spacial score (nSPS) is 39.9. The lowest BCUT2D eigenvalue weighted by Crippen LogP contribution is -2.78. The molecule has 1 aliphatic carbocycles. The maximum absolute atomic E-state index is 15.2. The van der Waals surface area contributed by atoms with Gasteiger partial charge in [0.05, 0.1) is 32.5 Å². The van der Waals surface area contributed by atoms with Crippen molar-refractivity contribution in [1.29, 1.82) is 0 Å². The van der Waals surface area contributed by atoms with Gasteiger partial charge in [-0.1, -0.05) is 25.1 Å². The topological polar surface area (TPSA) is 128 Å². The number of aromatic nitrogens is 1. The molecule has 282 valence electrons. The molecule has 4 bridgehead atoms. The summed E-state index contributed by atoms with van der Waals surface area (Å²) in [6.07, 6.45) is 5.37. The molecule has 9 atom stereocenters. The number of piperidine rings is 2. The van der Waals surface area contributed by atoms with Gasteiger partial charge in [0.1, 0.15) is 11.2 Å². The first-order chi connectivity index (χ1) is 25.5. The van der Waals surface area contributed by atoms with E-state index >= 15 is 4.79 Å². The Morgan fingerprint density at radius 3 is 2.68 bits per heavy atom. The largest absolute Gasteiger partial charge is 0.496 e. The van der Waals surface area contributed by atoms with Crippen LogP contribution in [0.1, 0.15) is 74.3 Å². The van der Waals surface area contributed by atoms with Crippen LogP contribution in [0.25, 0.3) is 10.9 Å². The number of fused-ring (bicyclic) bond motifs is 8. The van der Waals surface area contributed by atoms with Gasteiger partial charge in [-0.15, -0.1) is 0 Å². The van der Waals surface area contributed by atoms with Crippen LogP contribution in [0.2, 0.25) is 0 Å². The number of carbonyl (C=O) groups is 2. The fraction of sp³-hybridized carbons (Fsp3) is 0.619. The second-order valence-corrected chi connectivity index (χ2v) is 17.7. The van der Waals surface area contributed by atoms with Gasteiger partial charge in [0, 0.05) is 77.5 Å². The standard InChI is InChI=1S/C42H52N4O7/c1-5-39(49)19-25-20-41(36(47)52-4,33-27(11-15-45(21-25)23-39)26-9-6-7-10-30(26)43-33)29-17-28-31(18-32(29)51-3)44(2)35-40(28)13-16-46-14-8-12-38(34(40)46)22-42(35,50)37(48)53-24-38/h6-7,9-10,17-18,25,34-35,43,49-50H,5,8,11-16,19-24H2,1-4H3/t25-,34-,35+,38-,39-,40+,41-,42+/m0/s1. The number of hydrogen-bond acceptors (Lipinski definition) is 10. The monoisotopic (exact) mass is 724 g/mol. The van der Waals surface area contributed by atoms with Crippen molar-refractivity contribution in [3.63, 3.8) is 0 Å². The number of esters is 2. The molecule has 11 heteroatoms. The molecule has 4 saturated heterocycles. The Labute approximate surface area is 310 Å². The van der Waals surface area contributed by atoms with E-state index in [0.717, 1.165) is 84.4 Å². The number of para-hydroxylation sites is 1. The molecule has 53 heavy (non-hydrogen) atoms. The predicted molar refractivity (Wildman–Crippen MR) is 198 cm³/mol. The fourth-order valence-electron chi connectivity index (χ4n) is 13.5. The van der Waals surface area contributed by atoms with Crippen LogP contribution in [-0.2, 0) is 36.3 Å². The smallest absolute Gasteiger partial charge is 0.340 e. The van der Waals surface area contributed by atoms with Crippen molar-refractivity contribution < 1.29 is 34.0 Å². The molecule has 0 radical (unpaired) electrons. The Hall–Kier alpha value is -3.64. The molecule has 6 aliphatic heterocycles. The zero-order valence-electron chi connectivity index (χ0n) is 31.4. The van der Waals surface area contributed by atoms with Crippen LogP contribution in [0.5, 0.6) is 5.75 Å². The van der Waals surface area contributed by atoms with E-state index in [-0.39, 0.29) is 23.3 Å². The third-order valence-electron chi connectivity index (χ3n) is 15.2. The van der Waals surface area contributed by atoms with Gasteiger partial charge in [0.25, 0.3) is 0 Å². The zero-order chi connectivity index (χ0) is 36.7. The Balaban J connectivity index is 1.26. The summed E-state index contributed by atoms with van der Waals surface area (Å²) in [5.41, 5.74) is 0.763. The van der Waals surface area contributed by atoms with Crippen LogP contribution in [0.3, 0.4) is 0 Å². The van der Waals surface area contributed by atoms with Gasteiger partial charge in [-0.25, -0.2) is 4.79 Å². The van der Waals surface area contributed by atoms with Crippen LogP contribution in [0.15, 0.2) is 36.4 Å². The molecule has 0 amide bonds. The molecule has 1 saturated carbocycles. The average Bonchev–Trinajstić information content (AvgIpc) is 3.81. The molecule has 11 nitrogen and oxygen atoms in total. The summed E-state index contributed by atoms with van der Waals surface area (Å²) in [5.74, 6) is -0.362. The van der Waals surface area contributed by atoms with Crippen molar-refractivity contribution in [2.24, 2.45) is 11.3 Å². The third kappa shape index (κ3) is 4.20. The number of aliphatic hydroxyl groups is 2. The lowest BCUT2D eigenvalue weighted by molar-refractivity contribution is -0.223. The summed E-state index contributed by atoms with van der Waals surface area (Å²) >= 11 is 0. The lowest BCUT2D eigenvalue weighted by Gasteiger charge is -2.64. The van der Waals surface area contributed by atoms with E-state index in [1.807, 2.05) is 32.2 Å². The van der Waals surface area contributed by atoms with Crippen LogP contribution in [0, 0.1) is 11.3 Å². The number of nitrogens with one attached hydrogen (secondary N) is 1. The number of aromatic amines is 1. The fourth-order valence-corrected chi connectivity index (χ4v) is 13.5. The summed E-state index contributed by atoms with van der Waals surface area (Å²) in [4.78, 5) is 39.8. The minimum absolute atomic E-state index is 0.0233. The Bertz CT molecular complexity index is 2050.